The van der Waals surface area contributed by atoms with E-state index in [9.17, 15) is 4.79 Å². The summed E-state index contributed by atoms with van der Waals surface area (Å²) >= 11 is 3.39. The van der Waals surface area contributed by atoms with Crippen LogP contribution in [0.1, 0.15) is 29.5 Å². The first-order valence-corrected chi connectivity index (χ1v) is 6.90. The highest BCUT2D eigenvalue weighted by Gasteiger charge is 2.12. The van der Waals surface area contributed by atoms with Gasteiger partial charge in [0.15, 0.2) is 0 Å². The van der Waals surface area contributed by atoms with Crippen molar-refractivity contribution in [1.82, 2.24) is 20.1 Å². The average molecular weight is 323 g/mol. The van der Waals surface area contributed by atoms with Crippen molar-refractivity contribution in [3.63, 3.8) is 0 Å². The fraction of sp³-hybridized carbons (Fsp3) is 0.308. The maximum absolute atomic E-state index is 12.1. The molecule has 0 radical (unpaired) electrons. The molecule has 19 heavy (non-hydrogen) atoms. The van der Waals surface area contributed by atoms with Gasteiger partial charge < -0.3 is 9.88 Å². The molecule has 5 nitrogen and oxygen atoms in total. The Kier molecular flexibility index (Phi) is 4.68. The van der Waals surface area contributed by atoms with Crippen molar-refractivity contribution in [1.29, 1.82) is 0 Å². The topological polar surface area (TPSA) is 59.8 Å². The van der Waals surface area contributed by atoms with E-state index in [1.54, 1.807) is 12.3 Å². The van der Waals surface area contributed by atoms with Crippen molar-refractivity contribution in [3.05, 3.63) is 46.5 Å². The summed E-state index contributed by atoms with van der Waals surface area (Å²) in [5.41, 5.74) is 1.39. The van der Waals surface area contributed by atoms with E-state index in [0.717, 1.165) is 23.1 Å². The first kappa shape index (κ1) is 13.7. The van der Waals surface area contributed by atoms with Crippen molar-refractivity contribution >= 4 is 21.8 Å². The molecule has 0 aliphatic heterocycles. The molecule has 0 atom stereocenters. The number of carbonyl (C=O) groups is 1. The fourth-order valence-corrected chi connectivity index (χ4v) is 2.24. The number of aryl methyl sites for hydroxylation is 1. The summed E-state index contributed by atoms with van der Waals surface area (Å²) in [6.45, 7) is 3.27. The molecule has 0 aliphatic rings. The second-order valence-electron chi connectivity index (χ2n) is 4.13. The van der Waals surface area contributed by atoms with Gasteiger partial charge in [0.1, 0.15) is 5.69 Å². The highest BCUT2D eigenvalue weighted by atomic mass is 79.9. The Hall–Kier alpha value is -1.69. The van der Waals surface area contributed by atoms with Crippen molar-refractivity contribution in [3.8, 4) is 0 Å². The van der Waals surface area contributed by atoms with Crippen LogP contribution in [0.15, 0.2) is 35.1 Å². The zero-order valence-electron chi connectivity index (χ0n) is 10.6. The third kappa shape index (κ3) is 3.64. The van der Waals surface area contributed by atoms with E-state index in [1.807, 2.05) is 22.9 Å². The van der Waals surface area contributed by atoms with Gasteiger partial charge in [-0.05, 0) is 40.5 Å². The molecule has 2 aromatic rings. The van der Waals surface area contributed by atoms with Crippen LogP contribution in [0.3, 0.4) is 0 Å². The summed E-state index contributed by atoms with van der Waals surface area (Å²) in [7, 11) is 0. The smallest absolute Gasteiger partial charge is 0.268 e. The van der Waals surface area contributed by atoms with Crippen LogP contribution >= 0.6 is 15.9 Å². The number of amides is 1. The minimum Gasteiger partial charge on any atom is -0.345 e. The van der Waals surface area contributed by atoms with Gasteiger partial charge in [-0.1, -0.05) is 6.92 Å². The van der Waals surface area contributed by atoms with Crippen molar-refractivity contribution in [2.75, 3.05) is 0 Å². The molecular formula is C13H15BrN4O. The molecule has 0 unspecified atom stereocenters. The number of hydrogen-bond acceptors (Lipinski definition) is 3. The molecule has 2 rings (SSSR count). The summed E-state index contributed by atoms with van der Waals surface area (Å²) in [6, 6.07) is 5.45. The fourth-order valence-electron chi connectivity index (χ4n) is 1.78. The molecule has 2 heterocycles. The van der Waals surface area contributed by atoms with Crippen molar-refractivity contribution < 1.29 is 4.79 Å². The van der Waals surface area contributed by atoms with E-state index in [-0.39, 0.29) is 5.91 Å². The van der Waals surface area contributed by atoms with Gasteiger partial charge in [-0.3, -0.25) is 4.79 Å². The number of carbonyl (C=O) groups excluding carboxylic acids is 1. The molecule has 0 aliphatic carbocycles. The van der Waals surface area contributed by atoms with Crippen molar-refractivity contribution in [2.45, 2.75) is 26.4 Å². The standard InChI is InChI=1S/C13H15BrN4O/c1-2-6-18-9-10(14)7-12(18)13(19)15-8-11-4-3-5-16-17-11/h3-5,7,9H,2,6,8H2,1H3,(H,15,19). The van der Waals surface area contributed by atoms with E-state index < -0.39 is 0 Å². The van der Waals surface area contributed by atoms with Crippen LogP contribution in [0.5, 0.6) is 0 Å². The lowest BCUT2D eigenvalue weighted by Crippen LogP contribution is -2.25. The minimum absolute atomic E-state index is 0.107. The highest BCUT2D eigenvalue weighted by molar-refractivity contribution is 9.10. The minimum atomic E-state index is -0.107. The monoisotopic (exact) mass is 322 g/mol. The molecule has 0 bridgehead atoms. The Labute approximate surface area is 120 Å². The van der Waals surface area contributed by atoms with E-state index >= 15 is 0 Å². The summed E-state index contributed by atoms with van der Waals surface area (Å²) in [6.07, 6.45) is 4.50. The zero-order valence-corrected chi connectivity index (χ0v) is 12.2. The SMILES string of the molecule is CCCn1cc(Br)cc1C(=O)NCc1cccnn1. The number of hydrogen-bond donors (Lipinski definition) is 1. The third-order valence-corrected chi connectivity index (χ3v) is 3.05. The number of nitrogens with one attached hydrogen (secondary N) is 1. The molecule has 2 aromatic heterocycles. The molecule has 0 spiro atoms. The normalized spacial score (nSPS) is 10.4. The van der Waals surface area contributed by atoms with Gasteiger partial charge >= 0.3 is 0 Å². The van der Waals surface area contributed by atoms with Crippen LogP contribution in [0.25, 0.3) is 0 Å². The Morgan fingerprint density at radius 1 is 1.53 bits per heavy atom. The lowest BCUT2D eigenvalue weighted by Gasteiger charge is -2.08. The first-order valence-electron chi connectivity index (χ1n) is 6.11. The third-order valence-electron chi connectivity index (χ3n) is 2.62. The van der Waals surface area contributed by atoms with Crippen LogP contribution in [0, 0.1) is 0 Å². The molecule has 100 valence electrons. The van der Waals surface area contributed by atoms with Gasteiger partial charge in [0.2, 0.25) is 0 Å². The summed E-state index contributed by atoms with van der Waals surface area (Å²) in [5, 5.41) is 10.5. The van der Waals surface area contributed by atoms with Crippen LogP contribution in [0.4, 0.5) is 0 Å². The van der Waals surface area contributed by atoms with Gasteiger partial charge in [0.25, 0.3) is 5.91 Å². The molecule has 0 saturated heterocycles. The van der Waals surface area contributed by atoms with Gasteiger partial charge in [-0.15, -0.1) is 0 Å². The number of halogens is 1. The lowest BCUT2D eigenvalue weighted by atomic mass is 10.3. The Balaban J connectivity index is 2.03. The Bertz CT molecular complexity index is 553. The predicted molar refractivity (Wildman–Crippen MR) is 75.6 cm³/mol. The Morgan fingerprint density at radius 3 is 3.05 bits per heavy atom. The number of rotatable bonds is 5. The average Bonchev–Trinajstić information content (AvgIpc) is 2.79. The van der Waals surface area contributed by atoms with E-state index in [0.29, 0.717) is 12.2 Å². The van der Waals surface area contributed by atoms with Gasteiger partial charge in [-0.25, -0.2) is 0 Å². The second kappa shape index (κ2) is 6.47. The van der Waals surface area contributed by atoms with Crippen LogP contribution in [-0.4, -0.2) is 20.7 Å². The second-order valence-corrected chi connectivity index (χ2v) is 5.05. The molecular weight excluding hydrogens is 308 g/mol. The van der Waals surface area contributed by atoms with Gasteiger partial charge in [0.05, 0.1) is 12.2 Å². The van der Waals surface area contributed by atoms with E-state index in [2.05, 4.69) is 38.4 Å². The van der Waals surface area contributed by atoms with Crippen LogP contribution in [-0.2, 0) is 13.1 Å². The summed E-state index contributed by atoms with van der Waals surface area (Å²) in [5.74, 6) is -0.107. The largest absolute Gasteiger partial charge is 0.345 e. The molecule has 6 heteroatoms. The molecule has 1 amide bonds. The van der Waals surface area contributed by atoms with Crippen LogP contribution in [0.2, 0.25) is 0 Å². The number of aromatic nitrogens is 3. The quantitative estimate of drug-likeness (QED) is 0.919. The molecule has 0 aromatic carbocycles. The van der Waals surface area contributed by atoms with Crippen molar-refractivity contribution in [2.24, 2.45) is 0 Å². The first-order chi connectivity index (χ1) is 9.20. The summed E-state index contributed by atoms with van der Waals surface area (Å²) < 4.78 is 2.85. The van der Waals surface area contributed by atoms with E-state index in [4.69, 9.17) is 0 Å². The zero-order chi connectivity index (χ0) is 13.7. The Morgan fingerprint density at radius 2 is 2.37 bits per heavy atom. The maximum atomic E-state index is 12.1. The van der Waals surface area contributed by atoms with Crippen LogP contribution < -0.4 is 5.32 Å². The predicted octanol–water partition coefficient (Wildman–Crippen LogP) is 2.38. The van der Waals surface area contributed by atoms with Gasteiger partial charge in [-0.2, -0.15) is 10.2 Å². The molecule has 1 N–H and O–H groups in total. The molecule has 0 fully saturated rings. The highest BCUT2D eigenvalue weighted by Crippen LogP contribution is 2.15. The lowest BCUT2D eigenvalue weighted by molar-refractivity contribution is 0.0941. The van der Waals surface area contributed by atoms with Gasteiger partial charge in [0, 0.05) is 23.4 Å². The van der Waals surface area contributed by atoms with E-state index in [1.165, 1.54) is 0 Å². The number of nitrogens with zero attached hydrogens (tertiary/aromatic N) is 3. The maximum Gasteiger partial charge on any atom is 0.268 e. The molecule has 0 saturated carbocycles. The summed E-state index contributed by atoms with van der Waals surface area (Å²) in [4.78, 5) is 12.1.